The number of nitrogens with one attached hydrogen (secondary N) is 1. The third-order valence-electron chi connectivity index (χ3n) is 3.40. The van der Waals surface area contributed by atoms with Gasteiger partial charge in [0.15, 0.2) is 29.7 Å². The summed E-state index contributed by atoms with van der Waals surface area (Å²) in [5.74, 6) is -1.29. The number of hydrogen-bond acceptors (Lipinski definition) is 6. The van der Waals surface area contributed by atoms with Gasteiger partial charge in [0.05, 0.1) is 32.6 Å². The molecule has 0 aromatic heterocycles. The average molecular weight is 363 g/mol. The first-order valence-electron chi connectivity index (χ1n) is 7.51. The lowest BCUT2D eigenvalue weighted by molar-refractivity contribution is -0.118. The first-order chi connectivity index (χ1) is 12.5. The summed E-state index contributed by atoms with van der Waals surface area (Å²) in [6.45, 7) is -0.449. The summed E-state index contributed by atoms with van der Waals surface area (Å²) in [6.07, 6.45) is 0. The van der Waals surface area contributed by atoms with Gasteiger partial charge in [0.2, 0.25) is 0 Å². The lowest BCUT2D eigenvalue weighted by Gasteiger charge is -2.15. The largest absolute Gasteiger partial charge is 0.493 e. The van der Waals surface area contributed by atoms with E-state index in [1.54, 1.807) is 6.07 Å². The molecule has 26 heavy (non-hydrogen) atoms. The zero-order valence-electron chi connectivity index (χ0n) is 14.5. The van der Waals surface area contributed by atoms with E-state index in [0.29, 0.717) is 11.5 Å². The molecular formula is C18H18FNO6. The van der Waals surface area contributed by atoms with Crippen LogP contribution in [0.5, 0.6) is 17.2 Å². The van der Waals surface area contributed by atoms with E-state index >= 15 is 0 Å². The van der Waals surface area contributed by atoms with E-state index in [1.807, 2.05) is 0 Å². The normalized spacial score (nSPS) is 10.0. The van der Waals surface area contributed by atoms with Crippen LogP contribution in [0.2, 0.25) is 0 Å². The molecule has 7 nitrogen and oxygen atoms in total. The van der Waals surface area contributed by atoms with Crippen molar-refractivity contribution in [1.82, 2.24) is 0 Å². The van der Waals surface area contributed by atoms with Gasteiger partial charge in [-0.25, -0.2) is 9.18 Å². The molecule has 0 aliphatic carbocycles. The van der Waals surface area contributed by atoms with Gasteiger partial charge in [0, 0.05) is 12.1 Å². The maximum absolute atomic E-state index is 13.5. The van der Waals surface area contributed by atoms with Crippen LogP contribution in [0.1, 0.15) is 10.4 Å². The molecule has 0 bridgehead atoms. The van der Waals surface area contributed by atoms with Crippen LogP contribution >= 0.6 is 0 Å². The lowest BCUT2D eigenvalue weighted by Crippen LogP contribution is -2.22. The van der Waals surface area contributed by atoms with Crippen LogP contribution in [0.25, 0.3) is 0 Å². The van der Waals surface area contributed by atoms with Crippen LogP contribution < -0.4 is 19.5 Å². The number of carbonyl (C=O) groups excluding carboxylic acids is 2. The van der Waals surface area contributed by atoms with Crippen molar-refractivity contribution in [3.63, 3.8) is 0 Å². The molecule has 1 amide bonds. The highest BCUT2D eigenvalue weighted by atomic mass is 19.1. The molecular weight excluding hydrogens is 345 g/mol. The maximum atomic E-state index is 13.5. The smallest absolute Gasteiger partial charge is 0.340 e. The summed E-state index contributed by atoms with van der Waals surface area (Å²) in [4.78, 5) is 24.1. The number of amides is 1. The number of esters is 1. The second kappa shape index (κ2) is 8.70. The molecule has 2 aromatic rings. The van der Waals surface area contributed by atoms with Crippen LogP contribution in [-0.2, 0) is 9.53 Å². The molecule has 138 valence electrons. The molecule has 0 atom stereocenters. The summed E-state index contributed by atoms with van der Waals surface area (Å²) < 4.78 is 33.7. The molecule has 0 aliphatic heterocycles. The zero-order valence-corrected chi connectivity index (χ0v) is 14.5. The Balaban J connectivity index is 2.19. The predicted molar refractivity (Wildman–Crippen MR) is 91.4 cm³/mol. The molecule has 0 aliphatic rings. The quantitative estimate of drug-likeness (QED) is 0.762. The summed E-state index contributed by atoms with van der Waals surface area (Å²) >= 11 is 0. The lowest BCUT2D eigenvalue weighted by atomic mass is 10.1. The van der Waals surface area contributed by atoms with E-state index in [-0.39, 0.29) is 17.0 Å². The number of hydrogen-bond donors (Lipinski definition) is 1. The van der Waals surface area contributed by atoms with Crippen molar-refractivity contribution in [2.75, 3.05) is 33.3 Å². The van der Waals surface area contributed by atoms with Crippen molar-refractivity contribution in [3.05, 3.63) is 47.8 Å². The number of benzene rings is 2. The standard InChI is InChI=1S/C18H18FNO6/c1-23-15-8-11(18(22)25-3)13(9-16(15)24-2)20-17(21)10-26-14-7-5-4-6-12(14)19/h4-9H,10H2,1-3H3,(H,20,21). The zero-order chi connectivity index (χ0) is 19.1. The number of rotatable bonds is 7. The second-order valence-corrected chi connectivity index (χ2v) is 5.01. The Bertz CT molecular complexity index is 808. The summed E-state index contributed by atoms with van der Waals surface area (Å²) in [7, 11) is 4.05. The van der Waals surface area contributed by atoms with E-state index in [2.05, 4.69) is 5.32 Å². The van der Waals surface area contributed by atoms with E-state index in [9.17, 15) is 14.0 Å². The summed E-state index contributed by atoms with van der Waals surface area (Å²) in [5, 5.41) is 2.52. The average Bonchev–Trinajstić information content (AvgIpc) is 2.66. The van der Waals surface area contributed by atoms with Gasteiger partial charge in [-0.05, 0) is 12.1 Å². The summed E-state index contributed by atoms with van der Waals surface area (Å²) in [5.41, 5.74) is 0.223. The Kier molecular flexibility index (Phi) is 6.37. The number of carbonyl (C=O) groups is 2. The highest BCUT2D eigenvalue weighted by molar-refractivity contribution is 6.02. The Labute approximate surface area is 149 Å². The van der Waals surface area contributed by atoms with E-state index in [4.69, 9.17) is 18.9 Å². The fourth-order valence-corrected chi connectivity index (χ4v) is 2.15. The van der Waals surface area contributed by atoms with E-state index in [1.165, 1.54) is 51.7 Å². The minimum atomic E-state index is -0.670. The van der Waals surface area contributed by atoms with Gasteiger partial charge in [0.25, 0.3) is 5.91 Å². The number of ether oxygens (including phenoxy) is 4. The van der Waals surface area contributed by atoms with Crippen LogP contribution in [0.4, 0.5) is 10.1 Å². The molecule has 0 saturated carbocycles. The van der Waals surface area contributed by atoms with Gasteiger partial charge in [-0.2, -0.15) is 0 Å². The molecule has 0 spiro atoms. The molecule has 2 aromatic carbocycles. The molecule has 2 rings (SSSR count). The Hall–Kier alpha value is -3.29. The summed E-state index contributed by atoms with van der Waals surface area (Å²) in [6, 6.07) is 8.52. The van der Waals surface area contributed by atoms with Crippen molar-refractivity contribution in [2.45, 2.75) is 0 Å². The Morgan fingerprint density at radius 1 is 1.00 bits per heavy atom. The van der Waals surface area contributed by atoms with Gasteiger partial charge in [-0.3, -0.25) is 4.79 Å². The van der Waals surface area contributed by atoms with Crippen molar-refractivity contribution in [1.29, 1.82) is 0 Å². The fourth-order valence-electron chi connectivity index (χ4n) is 2.15. The third-order valence-corrected chi connectivity index (χ3v) is 3.40. The van der Waals surface area contributed by atoms with Crippen LogP contribution in [0.3, 0.4) is 0 Å². The SMILES string of the molecule is COC(=O)c1cc(OC)c(OC)cc1NC(=O)COc1ccccc1F. The second-order valence-electron chi connectivity index (χ2n) is 5.01. The Morgan fingerprint density at radius 3 is 2.27 bits per heavy atom. The molecule has 0 heterocycles. The van der Waals surface area contributed by atoms with E-state index < -0.39 is 24.3 Å². The highest BCUT2D eigenvalue weighted by Gasteiger charge is 2.19. The first-order valence-corrected chi connectivity index (χ1v) is 7.51. The van der Waals surface area contributed by atoms with E-state index in [0.717, 1.165) is 0 Å². The first kappa shape index (κ1) is 19.0. The topological polar surface area (TPSA) is 83.1 Å². The van der Waals surface area contributed by atoms with Crippen LogP contribution in [-0.4, -0.2) is 39.8 Å². The predicted octanol–water partition coefficient (Wildman–Crippen LogP) is 2.65. The van der Waals surface area contributed by atoms with Gasteiger partial charge in [-0.1, -0.05) is 12.1 Å². The molecule has 0 radical (unpaired) electrons. The molecule has 0 unspecified atom stereocenters. The molecule has 8 heteroatoms. The van der Waals surface area contributed by atoms with Gasteiger partial charge in [0.1, 0.15) is 0 Å². The van der Waals surface area contributed by atoms with Gasteiger partial charge in [-0.15, -0.1) is 0 Å². The number of halogens is 1. The highest BCUT2D eigenvalue weighted by Crippen LogP contribution is 2.33. The molecule has 0 fully saturated rings. The van der Waals surface area contributed by atoms with Gasteiger partial charge >= 0.3 is 5.97 Å². The minimum absolute atomic E-state index is 0.0526. The van der Waals surface area contributed by atoms with Crippen molar-refractivity contribution < 1.29 is 32.9 Å². The van der Waals surface area contributed by atoms with Crippen molar-refractivity contribution >= 4 is 17.6 Å². The van der Waals surface area contributed by atoms with Crippen molar-refractivity contribution in [2.24, 2.45) is 0 Å². The third kappa shape index (κ3) is 4.41. The molecule has 1 N–H and O–H groups in total. The van der Waals surface area contributed by atoms with Crippen molar-refractivity contribution in [3.8, 4) is 17.2 Å². The number of methoxy groups -OCH3 is 3. The number of anilines is 1. The maximum Gasteiger partial charge on any atom is 0.340 e. The van der Waals surface area contributed by atoms with Crippen LogP contribution in [0, 0.1) is 5.82 Å². The monoisotopic (exact) mass is 363 g/mol. The van der Waals surface area contributed by atoms with Gasteiger partial charge < -0.3 is 24.3 Å². The molecule has 0 saturated heterocycles. The Morgan fingerprint density at radius 2 is 1.65 bits per heavy atom. The van der Waals surface area contributed by atoms with Crippen LogP contribution in [0.15, 0.2) is 36.4 Å². The fraction of sp³-hybridized carbons (Fsp3) is 0.222. The number of para-hydroxylation sites is 1. The minimum Gasteiger partial charge on any atom is -0.493 e.